The number of hydrogen-bond donors (Lipinski definition) is 1. The maximum atomic E-state index is 13.7. The van der Waals surface area contributed by atoms with Crippen LogP contribution in [0.25, 0.3) is 0 Å². The Labute approximate surface area is 190 Å². The molecule has 0 unspecified atom stereocenters. The summed E-state index contributed by atoms with van der Waals surface area (Å²) in [6.07, 6.45) is 2.48. The Kier molecular flexibility index (Phi) is 5.46. The van der Waals surface area contributed by atoms with Crippen LogP contribution in [0.5, 0.6) is 0 Å². The summed E-state index contributed by atoms with van der Waals surface area (Å²) in [4.78, 5) is 27.5. The number of fused-ring (bicyclic) bond motifs is 2. The van der Waals surface area contributed by atoms with Crippen molar-refractivity contribution in [1.82, 2.24) is 15.4 Å². The number of likely N-dealkylation sites (tertiary alicyclic amines) is 1. The fraction of sp³-hybridized carbons (Fsp3) is 0.320. The molecule has 5 rings (SSSR count). The summed E-state index contributed by atoms with van der Waals surface area (Å²) in [5.74, 6) is -0.774. The Bertz CT molecular complexity index is 1170. The largest absolute Gasteiger partial charge is 0.378 e. The highest BCUT2D eigenvalue weighted by Crippen LogP contribution is 2.52. The van der Waals surface area contributed by atoms with Crippen molar-refractivity contribution < 1.29 is 23.2 Å². The van der Waals surface area contributed by atoms with Gasteiger partial charge in [-0.15, -0.1) is 0 Å². The van der Waals surface area contributed by atoms with Gasteiger partial charge >= 0.3 is 0 Å². The number of aromatic nitrogens is 1. The number of nitrogens with one attached hydrogen (secondary N) is 1. The first-order chi connectivity index (χ1) is 16.0. The van der Waals surface area contributed by atoms with Crippen LogP contribution in [-0.2, 0) is 10.2 Å². The molecule has 1 saturated heterocycles. The number of hydrogen-bond acceptors (Lipinski definition) is 5. The maximum absolute atomic E-state index is 13.7. The molecule has 2 atom stereocenters. The van der Waals surface area contributed by atoms with Gasteiger partial charge in [0.2, 0.25) is 5.76 Å². The molecule has 7 nitrogen and oxygen atoms in total. The number of halogens is 1. The fourth-order valence-corrected chi connectivity index (χ4v) is 5.37. The molecule has 0 bridgehead atoms. The number of ether oxygens (including phenoxy) is 1. The van der Waals surface area contributed by atoms with Crippen molar-refractivity contribution >= 4 is 11.8 Å². The Morgan fingerprint density at radius 3 is 2.64 bits per heavy atom. The zero-order chi connectivity index (χ0) is 23.0. The van der Waals surface area contributed by atoms with Crippen LogP contribution in [0.2, 0.25) is 0 Å². The molecule has 1 aliphatic heterocycles. The van der Waals surface area contributed by atoms with Gasteiger partial charge in [-0.2, -0.15) is 0 Å². The molecule has 1 fully saturated rings. The van der Waals surface area contributed by atoms with Crippen molar-refractivity contribution in [3.8, 4) is 0 Å². The zero-order valence-corrected chi connectivity index (χ0v) is 18.2. The normalized spacial score (nSPS) is 21.1. The lowest BCUT2D eigenvalue weighted by Crippen LogP contribution is -2.51. The number of methoxy groups -OCH3 is 1. The molecular weight excluding hydrogens is 425 g/mol. The Morgan fingerprint density at radius 1 is 1.15 bits per heavy atom. The smallest absolute Gasteiger partial charge is 0.292 e. The van der Waals surface area contributed by atoms with E-state index in [2.05, 4.69) is 16.5 Å². The van der Waals surface area contributed by atoms with Crippen molar-refractivity contribution in [2.45, 2.75) is 30.4 Å². The molecule has 1 aliphatic carbocycles. The first-order valence-electron chi connectivity index (χ1n) is 10.9. The Morgan fingerprint density at radius 2 is 1.94 bits per heavy atom. The van der Waals surface area contributed by atoms with E-state index in [4.69, 9.17) is 9.26 Å². The van der Waals surface area contributed by atoms with Crippen molar-refractivity contribution in [1.29, 1.82) is 0 Å². The number of benzene rings is 2. The van der Waals surface area contributed by atoms with Crippen LogP contribution >= 0.6 is 0 Å². The molecular formula is C25H24FN3O4. The number of piperidine rings is 1. The van der Waals surface area contributed by atoms with Crippen LogP contribution < -0.4 is 5.32 Å². The third kappa shape index (κ3) is 3.60. The minimum Gasteiger partial charge on any atom is -0.378 e. The lowest BCUT2D eigenvalue weighted by Gasteiger charge is -2.43. The highest BCUT2D eigenvalue weighted by Gasteiger charge is 2.54. The van der Waals surface area contributed by atoms with Gasteiger partial charge < -0.3 is 19.5 Å². The standard InChI is InChI=1S/C25H24FN3O4/c1-32-22-21(28-23(30)16-5-4-6-17(26)15-16)18-7-2-3-8-19(18)25(22)10-13-29(14-11-25)24(31)20-9-12-27-33-20/h2-9,12,15,21-22H,10-11,13-14H2,1H3,(H,28,30)/t21-,22+/m1/s1. The molecule has 0 saturated carbocycles. The summed E-state index contributed by atoms with van der Waals surface area (Å²) in [7, 11) is 1.64. The topological polar surface area (TPSA) is 84.7 Å². The van der Waals surface area contributed by atoms with Gasteiger partial charge in [0.15, 0.2) is 0 Å². The van der Waals surface area contributed by atoms with E-state index in [1.165, 1.54) is 24.4 Å². The maximum Gasteiger partial charge on any atom is 0.292 e. The molecule has 2 aromatic carbocycles. The van der Waals surface area contributed by atoms with E-state index in [0.29, 0.717) is 25.9 Å². The second-order valence-corrected chi connectivity index (χ2v) is 8.53. The minimum absolute atomic E-state index is 0.182. The van der Waals surface area contributed by atoms with E-state index in [0.717, 1.165) is 11.1 Å². The first-order valence-corrected chi connectivity index (χ1v) is 10.9. The fourth-order valence-electron chi connectivity index (χ4n) is 5.37. The second kappa shape index (κ2) is 8.44. The van der Waals surface area contributed by atoms with Crippen LogP contribution in [0.15, 0.2) is 65.3 Å². The van der Waals surface area contributed by atoms with E-state index in [1.54, 1.807) is 24.1 Å². The van der Waals surface area contributed by atoms with Crippen LogP contribution in [-0.4, -0.2) is 48.2 Å². The van der Waals surface area contributed by atoms with Gasteiger partial charge in [-0.3, -0.25) is 9.59 Å². The van der Waals surface area contributed by atoms with Gasteiger partial charge in [-0.05, 0) is 42.2 Å². The molecule has 1 N–H and O–H groups in total. The van der Waals surface area contributed by atoms with E-state index in [1.807, 2.05) is 18.2 Å². The molecule has 2 amide bonds. The summed E-state index contributed by atoms with van der Waals surface area (Å²) in [5.41, 5.74) is 2.01. The number of carbonyl (C=O) groups excluding carboxylic acids is 2. The average molecular weight is 449 g/mol. The van der Waals surface area contributed by atoms with E-state index >= 15 is 0 Å². The zero-order valence-electron chi connectivity index (χ0n) is 18.2. The highest BCUT2D eigenvalue weighted by atomic mass is 19.1. The van der Waals surface area contributed by atoms with Gasteiger partial charge in [0.25, 0.3) is 11.8 Å². The van der Waals surface area contributed by atoms with Crippen molar-refractivity contribution in [3.05, 3.63) is 89.1 Å². The molecule has 0 radical (unpaired) electrons. The quantitative estimate of drug-likeness (QED) is 0.659. The SMILES string of the molecule is CO[C@H]1[C@H](NC(=O)c2cccc(F)c2)c2ccccc2C12CCN(C(=O)c1ccno1)CC2. The van der Waals surface area contributed by atoms with Gasteiger partial charge in [0, 0.05) is 37.2 Å². The summed E-state index contributed by atoms with van der Waals surface area (Å²) in [5, 5.41) is 6.70. The van der Waals surface area contributed by atoms with Gasteiger partial charge in [-0.1, -0.05) is 35.5 Å². The highest BCUT2D eigenvalue weighted by molar-refractivity contribution is 5.94. The molecule has 2 heterocycles. The van der Waals surface area contributed by atoms with Crippen molar-refractivity contribution in [2.24, 2.45) is 0 Å². The lowest BCUT2D eigenvalue weighted by atomic mass is 9.72. The molecule has 33 heavy (non-hydrogen) atoms. The molecule has 1 aromatic heterocycles. The van der Waals surface area contributed by atoms with Crippen LogP contribution in [0.1, 0.15) is 50.9 Å². The van der Waals surface area contributed by atoms with Crippen LogP contribution in [0.4, 0.5) is 4.39 Å². The number of nitrogens with zero attached hydrogens (tertiary/aromatic N) is 2. The second-order valence-electron chi connectivity index (χ2n) is 8.53. The Balaban J connectivity index is 1.42. The Hall–Kier alpha value is -3.52. The minimum atomic E-state index is -0.460. The summed E-state index contributed by atoms with van der Waals surface area (Å²) >= 11 is 0. The molecule has 1 spiro atoms. The third-order valence-electron chi connectivity index (χ3n) is 6.90. The predicted octanol–water partition coefficient (Wildman–Crippen LogP) is 3.49. The van der Waals surface area contributed by atoms with Crippen LogP contribution in [0.3, 0.4) is 0 Å². The van der Waals surface area contributed by atoms with Gasteiger partial charge in [0.1, 0.15) is 5.82 Å². The lowest BCUT2D eigenvalue weighted by molar-refractivity contribution is -0.00979. The number of rotatable bonds is 4. The molecule has 3 aromatic rings. The predicted molar refractivity (Wildman–Crippen MR) is 117 cm³/mol. The third-order valence-corrected chi connectivity index (χ3v) is 6.90. The van der Waals surface area contributed by atoms with E-state index in [-0.39, 0.29) is 34.7 Å². The van der Waals surface area contributed by atoms with E-state index in [9.17, 15) is 14.0 Å². The van der Waals surface area contributed by atoms with Crippen molar-refractivity contribution in [2.75, 3.05) is 20.2 Å². The first kappa shape index (κ1) is 21.3. The summed E-state index contributed by atoms with van der Waals surface area (Å²) < 4.78 is 24.7. The molecule has 2 aliphatic rings. The van der Waals surface area contributed by atoms with Gasteiger partial charge in [0.05, 0.1) is 18.3 Å². The van der Waals surface area contributed by atoms with Gasteiger partial charge in [-0.25, -0.2) is 4.39 Å². The molecule has 170 valence electrons. The number of amides is 2. The monoisotopic (exact) mass is 449 g/mol. The number of carbonyl (C=O) groups is 2. The van der Waals surface area contributed by atoms with Crippen molar-refractivity contribution in [3.63, 3.8) is 0 Å². The van der Waals surface area contributed by atoms with E-state index < -0.39 is 11.9 Å². The van der Waals surface area contributed by atoms with Crippen LogP contribution in [0, 0.1) is 5.82 Å². The average Bonchev–Trinajstić information content (AvgIpc) is 3.46. The molecule has 8 heteroatoms. The summed E-state index contributed by atoms with van der Waals surface area (Å²) in [6, 6.07) is 14.8. The summed E-state index contributed by atoms with van der Waals surface area (Å²) in [6.45, 7) is 1.05.